The maximum atomic E-state index is 13.8. The Bertz CT molecular complexity index is 1480. The van der Waals surface area contributed by atoms with E-state index in [-0.39, 0.29) is 18.4 Å². The van der Waals surface area contributed by atoms with Crippen molar-refractivity contribution in [2.24, 2.45) is 0 Å². The lowest BCUT2D eigenvalue weighted by Gasteiger charge is -2.47. The number of carbonyl (C=O) groups excluding carboxylic acids is 3. The first-order chi connectivity index (χ1) is 17.5. The van der Waals surface area contributed by atoms with Gasteiger partial charge in [-0.05, 0) is 34.9 Å². The van der Waals surface area contributed by atoms with E-state index in [1.54, 1.807) is 21.9 Å². The van der Waals surface area contributed by atoms with Crippen molar-refractivity contribution in [3.8, 4) is 0 Å². The van der Waals surface area contributed by atoms with Crippen LogP contribution < -0.4 is 0 Å². The van der Waals surface area contributed by atoms with Gasteiger partial charge in [0.2, 0.25) is 11.8 Å². The number of piperazine rings is 1. The second-order valence-corrected chi connectivity index (χ2v) is 9.28. The molecule has 1 aromatic heterocycles. The topological polar surface area (TPSA) is 82.7 Å². The van der Waals surface area contributed by atoms with Gasteiger partial charge in [-0.25, -0.2) is 4.79 Å². The Morgan fingerprint density at radius 1 is 0.972 bits per heavy atom. The number of carbonyl (C=O) groups is 3. The van der Waals surface area contributed by atoms with Crippen molar-refractivity contribution in [3.05, 3.63) is 107 Å². The molecule has 4 aromatic rings. The number of ether oxygens (including phenoxy) is 1. The number of methoxy groups -OCH3 is 1. The minimum Gasteiger partial charge on any atom is -0.465 e. The van der Waals surface area contributed by atoms with E-state index in [9.17, 15) is 14.4 Å². The molecule has 1 N–H and O–H groups in total. The largest absolute Gasteiger partial charge is 0.465 e. The molecular weight excluding hydrogens is 454 g/mol. The van der Waals surface area contributed by atoms with Crippen molar-refractivity contribution in [1.29, 1.82) is 0 Å². The van der Waals surface area contributed by atoms with Gasteiger partial charge in [-0.15, -0.1) is 0 Å². The van der Waals surface area contributed by atoms with Gasteiger partial charge in [-0.3, -0.25) is 9.59 Å². The number of aromatic nitrogens is 1. The van der Waals surface area contributed by atoms with E-state index in [0.717, 1.165) is 33.3 Å². The van der Waals surface area contributed by atoms with Crippen molar-refractivity contribution in [3.63, 3.8) is 0 Å². The molecule has 36 heavy (non-hydrogen) atoms. The van der Waals surface area contributed by atoms with Gasteiger partial charge >= 0.3 is 5.97 Å². The van der Waals surface area contributed by atoms with Crippen LogP contribution in [0.2, 0.25) is 0 Å². The summed E-state index contributed by atoms with van der Waals surface area (Å²) in [4.78, 5) is 46.3. The number of benzene rings is 3. The minimum absolute atomic E-state index is 0.0243. The Hall–Kier alpha value is -4.39. The number of H-pyrrole nitrogens is 1. The third-order valence-corrected chi connectivity index (χ3v) is 7.21. The lowest BCUT2D eigenvalue weighted by Crippen LogP contribution is -2.62. The molecule has 0 unspecified atom stereocenters. The molecule has 7 heteroatoms. The van der Waals surface area contributed by atoms with Gasteiger partial charge in [0, 0.05) is 29.6 Å². The van der Waals surface area contributed by atoms with Crippen LogP contribution in [0.1, 0.15) is 38.8 Å². The zero-order chi connectivity index (χ0) is 24.8. The van der Waals surface area contributed by atoms with Gasteiger partial charge in [0.25, 0.3) is 0 Å². The molecule has 0 saturated carbocycles. The van der Waals surface area contributed by atoms with Crippen LogP contribution in [0.4, 0.5) is 0 Å². The number of aromatic amines is 1. The van der Waals surface area contributed by atoms with Gasteiger partial charge in [-0.2, -0.15) is 0 Å². The first-order valence-electron chi connectivity index (χ1n) is 12.0. The van der Waals surface area contributed by atoms with Crippen molar-refractivity contribution in [1.82, 2.24) is 14.8 Å². The summed E-state index contributed by atoms with van der Waals surface area (Å²) < 4.78 is 4.84. The smallest absolute Gasteiger partial charge is 0.337 e. The summed E-state index contributed by atoms with van der Waals surface area (Å²) in [5.74, 6) is -0.567. The Morgan fingerprint density at radius 2 is 1.69 bits per heavy atom. The van der Waals surface area contributed by atoms with E-state index in [1.165, 1.54) is 7.11 Å². The van der Waals surface area contributed by atoms with Crippen LogP contribution in [0, 0.1) is 0 Å². The van der Waals surface area contributed by atoms with Crippen molar-refractivity contribution >= 4 is 28.7 Å². The number of hydrogen-bond acceptors (Lipinski definition) is 4. The maximum Gasteiger partial charge on any atom is 0.337 e. The van der Waals surface area contributed by atoms with Gasteiger partial charge in [-0.1, -0.05) is 60.7 Å². The van der Waals surface area contributed by atoms with Crippen LogP contribution in [0.25, 0.3) is 10.9 Å². The Balaban J connectivity index is 1.44. The summed E-state index contributed by atoms with van der Waals surface area (Å²) in [6.45, 7) is 0.422. The lowest BCUT2D eigenvalue weighted by molar-refractivity contribution is -0.159. The summed E-state index contributed by atoms with van der Waals surface area (Å²) >= 11 is 0. The van der Waals surface area contributed by atoms with E-state index < -0.39 is 18.1 Å². The molecule has 2 aliphatic rings. The molecule has 0 radical (unpaired) electrons. The average molecular weight is 480 g/mol. The quantitative estimate of drug-likeness (QED) is 0.451. The normalized spacial score (nSPS) is 19.2. The molecule has 1 saturated heterocycles. The number of fused-ring (bicyclic) bond motifs is 4. The summed E-state index contributed by atoms with van der Waals surface area (Å²) in [5, 5.41) is 1.06. The first kappa shape index (κ1) is 22.1. The third kappa shape index (κ3) is 3.55. The third-order valence-electron chi connectivity index (χ3n) is 7.21. The molecule has 2 aliphatic heterocycles. The van der Waals surface area contributed by atoms with Crippen LogP contribution in [0.3, 0.4) is 0 Å². The maximum absolute atomic E-state index is 13.8. The number of rotatable bonds is 4. The Labute approximate surface area is 208 Å². The van der Waals surface area contributed by atoms with Crippen LogP contribution in [-0.2, 0) is 27.3 Å². The monoisotopic (exact) mass is 479 g/mol. The van der Waals surface area contributed by atoms with Crippen molar-refractivity contribution in [2.75, 3.05) is 13.7 Å². The molecule has 2 atom stereocenters. The molecule has 1 fully saturated rings. The fourth-order valence-electron chi connectivity index (χ4n) is 5.53. The standard InChI is InChI=1S/C29H25N3O4/c1-36-29(35)20-13-11-19(12-14-20)27-26-22(21-9-5-6-10-23(21)30-26)15-24-28(34)31(17-25(33)32(24)27)16-18-7-3-2-4-8-18/h2-14,24,27,30H,15-17H2,1H3/t24-,27+/m1/s1. The van der Waals surface area contributed by atoms with Crippen molar-refractivity contribution < 1.29 is 19.1 Å². The molecule has 0 bridgehead atoms. The van der Waals surface area contributed by atoms with Crippen LogP contribution in [0.15, 0.2) is 78.9 Å². The van der Waals surface area contributed by atoms with E-state index >= 15 is 0 Å². The highest BCUT2D eigenvalue weighted by molar-refractivity contribution is 5.97. The molecule has 0 spiro atoms. The number of amides is 2. The van der Waals surface area contributed by atoms with Crippen LogP contribution >= 0.6 is 0 Å². The summed E-state index contributed by atoms with van der Waals surface area (Å²) in [6.07, 6.45) is 0.450. The van der Waals surface area contributed by atoms with Gasteiger partial charge in [0.15, 0.2) is 0 Å². The highest BCUT2D eigenvalue weighted by Crippen LogP contribution is 2.42. The number of esters is 1. The first-order valence-corrected chi connectivity index (χ1v) is 12.0. The average Bonchev–Trinajstić information content (AvgIpc) is 3.29. The molecule has 2 amide bonds. The predicted octanol–water partition coefficient (Wildman–Crippen LogP) is 3.84. The van der Waals surface area contributed by atoms with E-state index in [2.05, 4.69) is 11.1 Å². The summed E-state index contributed by atoms with van der Waals surface area (Å²) in [7, 11) is 1.35. The van der Waals surface area contributed by atoms with Gasteiger partial charge in [0.05, 0.1) is 18.7 Å². The van der Waals surface area contributed by atoms with Crippen molar-refractivity contribution in [2.45, 2.75) is 25.0 Å². The second kappa shape index (κ2) is 8.68. The predicted molar refractivity (Wildman–Crippen MR) is 134 cm³/mol. The Morgan fingerprint density at radius 3 is 2.44 bits per heavy atom. The minimum atomic E-state index is -0.605. The number of hydrogen-bond donors (Lipinski definition) is 1. The molecule has 3 aromatic carbocycles. The summed E-state index contributed by atoms with van der Waals surface area (Å²) in [5.41, 5.74) is 5.19. The zero-order valence-corrected chi connectivity index (χ0v) is 19.8. The van der Waals surface area contributed by atoms with Gasteiger partial charge < -0.3 is 19.5 Å². The molecule has 7 nitrogen and oxygen atoms in total. The molecular formula is C29H25N3O4. The highest BCUT2D eigenvalue weighted by atomic mass is 16.5. The SMILES string of the molecule is COC(=O)c1ccc([C@H]2c3[nH]c4ccccc4c3C[C@@H]3C(=O)N(Cc4ccccc4)CC(=O)N23)cc1. The van der Waals surface area contributed by atoms with Gasteiger partial charge in [0.1, 0.15) is 12.6 Å². The lowest BCUT2D eigenvalue weighted by atomic mass is 9.86. The molecule has 180 valence electrons. The molecule has 3 heterocycles. The fourth-order valence-corrected chi connectivity index (χ4v) is 5.53. The molecule has 0 aliphatic carbocycles. The fraction of sp³-hybridized carbons (Fsp3) is 0.207. The zero-order valence-electron chi connectivity index (χ0n) is 19.8. The second-order valence-electron chi connectivity index (χ2n) is 9.28. The number of nitrogens with one attached hydrogen (secondary N) is 1. The Kier molecular flexibility index (Phi) is 5.33. The van der Waals surface area contributed by atoms with Crippen LogP contribution in [-0.4, -0.2) is 52.3 Å². The highest BCUT2D eigenvalue weighted by Gasteiger charge is 2.48. The molecule has 6 rings (SSSR count). The summed E-state index contributed by atoms with van der Waals surface area (Å²) in [6, 6.07) is 23.8. The van der Waals surface area contributed by atoms with Crippen LogP contribution in [0.5, 0.6) is 0 Å². The number of nitrogens with zero attached hydrogens (tertiary/aromatic N) is 2. The van der Waals surface area contributed by atoms with E-state index in [1.807, 2.05) is 60.7 Å². The number of para-hydroxylation sites is 1. The van der Waals surface area contributed by atoms with E-state index in [0.29, 0.717) is 18.5 Å². The van der Waals surface area contributed by atoms with E-state index in [4.69, 9.17) is 4.74 Å².